The maximum absolute atomic E-state index is 13.3. The SMILES string of the molecule is C=CCn1c(O)c(N=NC(=S)Nc2ccccc2OC)c2cc(S(=O)(=O)N3CCC(C)CC3)ccc21. The van der Waals surface area contributed by atoms with Crippen molar-refractivity contribution in [3.8, 4) is 11.6 Å². The van der Waals surface area contributed by atoms with E-state index in [0.717, 1.165) is 12.8 Å². The number of hydrogen-bond donors (Lipinski definition) is 2. The zero-order valence-electron chi connectivity index (χ0n) is 20.2. The van der Waals surface area contributed by atoms with Crippen LogP contribution in [0.5, 0.6) is 11.6 Å². The first kappa shape index (κ1) is 25.8. The average molecular weight is 528 g/mol. The lowest BCUT2D eigenvalue weighted by molar-refractivity contribution is 0.288. The van der Waals surface area contributed by atoms with Crippen LogP contribution in [0.15, 0.2) is 70.2 Å². The highest BCUT2D eigenvalue weighted by atomic mass is 32.2. The molecule has 0 spiro atoms. The molecule has 0 saturated carbocycles. The fourth-order valence-corrected chi connectivity index (χ4v) is 5.88. The van der Waals surface area contributed by atoms with Crippen molar-refractivity contribution in [1.82, 2.24) is 8.87 Å². The molecule has 1 aromatic heterocycles. The number of aromatic nitrogens is 1. The molecule has 3 aromatic rings. The Morgan fingerprint density at radius 3 is 2.69 bits per heavy atom. The molecule has 1 saturated heterocycles. The van der Waals surface area contributed by atoms with Crippen LogP contribution in [0.2, 0.25) is 0 Å². The van der Waals surface area contributed by atoms with Crippen LogP contribution >= 0.6 is 12.2 Å². The molecule has 0 aliphatic carbocycles. The lowest BCUT2D eigenvalue weighted by Gasteiger charge is -2.29. The molecule has 190 valence electrons. The molecule has 1 fully saturated rings. The Morgan fingerprint density at radius 2 is 2.00 bits per heavy atom. The number of para-hydroxylation sites is 2. The van der Waals surface area contributed by atoms with Gasteiger partial charge in [-0.15, -0.1) is 16.8 Å². The summed E-state index contributed by atoms with van der Waals surface area (Å²) in [5.74, 6) is 0.932. The quantitative estimate of drug-likeness (QED) is 0.241. The molecule has 0 bridgehead atoms. The fourth-order valence-electron chi connectivity index (χ4n) is 4.23. The van der Waals surface area contributed by atoms with Gasteiger partial charge in [-0.1, -0.05) is 25.1 Å². The number of piperidine rings is 1. The monoisotopic (exact) mass is 527 g/mol. The fraction of sp³-hybridized carbons (Fsp3) is 0.320. The van der Waals surface area contributed by atoms with Crippen LogP contribution in [0, 0.1) is 5.92 Å². The van der Waals surface area contributed by atoms with Crippen molar-refractivity contribution in [2.75, 3.05) is 25.5 Å². The Kier molecular flexibility index (Phi) is 7.72. The smallest absolute Gasteiger partial charge is 0.243 e. The Morgan fingerprint density at radius 1 is 1.28 bits per heavy atom. The average Bonchev–Trinajstić information content (AvgIpc) is 3.13. The molecule has 2 N–H and O–H groups in total. The third kappa shape index (κ3) is 5.13. The summed E-state index contributed by atoms with van der Waals surface area (Å²) in [6.45, 7) is 7.15. The second kappa shape index (κ2) is 10.8. The number of thiocarbonyl (C=S) groups is 1. The van der Waals surface area contributed by atoms with Gasteiger partial charge in [0.15, 0.2) is 5.69 Å². The number of anilines is 1. The van der Waals surface area contributed by atoms with Crippen LogP contribution in [-0.2, 0) is 16.6 Å². The Bertz CT molecular complexity index is 1420. The van der Waals surface area contributed by atoms with E-state index < -0.39 is 10.0 Å². The van der Waals surface area contributed by atoms with E-state index in [0.29, 0.717) is 47.9 Å². The van der Waals surface area contributed by atoms with Crippen LogP contribution in [0.1, 0.15) is 19.8 Å². The first-order chi connectivity index (χ1) is 17.3. The van der Waals surface area contributed by atoms with Gasteiger partial charge in [-0.3, -0.25) is 0 Å². The maximum atomic E-state index is 13.3. The molecule has 0 atom stereocenters. The van der Waals surface area contributed by atoms with Gasteiger partial charge in [0, 0.05) is 25.0 Å². The van der Waals surface area contributed by atoms with Gasteiger partial charge in [0.2, 0.25) is 21.0 Å². The lowest BCUT2D eigenvalue weighted by atomic mass is 10.0. The number of ether oxygens (including phenoxy) is 1. The Labute approximate surface area is 216 Å². The van der Waals surface area contributed by atoms with Gasteiger partial charge in [0.05, 0.1) is 23.2 Å². The number of nitrogens with zero attached hydrogens (tertiary/aromatic N) is 4. The number of aromatic hydroxyl groups is 1. The highest BCUT2D eigenvalue weighted by Gasteiger charge is 2.29. The zero-order chi connectivity index (χ0) is 25.9. The van der Waals surface area contributed by atoms with Gasteiger partial charge in [0.1, 0.15) is 5.75 Å². The minimum Gasteiger partial charge on any atom is -0.495 e. The number of rotatable bonds is 7. The number of fused-ring (bicyclic) bond motifs is 1. The van der Waals surface area contributed by atoms with E-state index >= 15 is 0 Å². The van der Waals surface area contributed by atoms with Gasteiger partial charge < -0.3 is 19.7 Å². The number of methoxy groups -OCH3 is 1. The molecule has 0 unspecified atom stereocenters. The molecule has 0 radical (unpaired) electrons. The maximum Gasteiger partial charge on any atom is 0.243 e. The summed E-state index contributed by atoms with van der Waals surface area (Å²) in [5.41, 5.74) is 1.35. The van der Waals surface area contributed by atoms with Crippen molar-refractivity contribution >= 4 is 49.6 Å². The minimum atomic E-state index is -3.69. The lowest BCUT2D eigenvalue weighted by Crippen LogP contribution is -2.37. The van der Waals surface area contributed by atoms with Crippen LogP contribution in [0.25, 0.3) is 10.9 Å². The molecule has 11 heteroatoms. The van der Waals surface area contributed by atoms with Crippen molar-refractivity contribution in [2.45, 2.75) is 31.2 Å². The Hall–Kier alpha value is -3.28. The summed E-state index contributed by atoms with van der Waals surface area (Å²) in [7, 11) is -2.14. The molecule has 9 nitrogen and oxygen atoms in total. The second-order valence-corrected chi connectivity index (χ2v) is 11.0. The van der Waals surface area contributed by atoms with Crippen molar-refractivity contribution < 1.29 is 18.3 Å². The topological polar surface area (TPSA) is 109 Å². The van der Waals surface area contributed by atoms with Crippen LogP contribution in [-0.4, -0.2) is 47.7 Å². The van der Waals surface area contributed by atoms with Crippen LogP contribution in [0.3, 0.4) is 0 Å². The van der Waals surface area contributed by atoms with E-state index in [-0.39, 0.29) is 21.6 Å². The van der Waals surface area contributed by atoms with Gasteiger partial charge in [-0.2, -0.15) is 4.31 Å². The van der Waals surface area contributed by atoms with E-state index in [1.54, 1.807) is 42.0 Å². The predicted octanol–water partition coefficient (Wildman–Crippen LogP) is 5.44. The predicted molar refractivity (Wildman–Crippen MR) is 145 cm³/mol. The summed E-state index contributed by atoms with van der Waals surface area (Å²) < 4.78 is 35.1. The molecule has 2 heterocycles. The van der Waals surface area contributed by atoms with Gasteiger partial charge >= 0.3 is 0 Å². The summed E-state index contributed by atoms with van der Waals surface area (Å²) in [6, 6.07) is 12.0. The summed E-state index contributed by atoms with van der Waals surface area (Å²) in [6.07, 6.45) is 3.29. The molecule has 2 aromatic carbocycles. The third-order valence-corrected chi connectivity index (χ3v) is 8.34. The van der Waals surface area contributed by atoms with E-state index in [2.05, 4.69) is 29.0 Å². The molecule has 1 aliphatic heterocycles. The van der Waals surface area contributed by atoms with Gasteiger partial charge in [0.25, 0.3) is 0 Å². The number of sulfonamides is 1. The van der Waals surface area contributed by atoms with E-state index in [1.165, 1.54) is 10.4 Å². The minimum absolute atomic E-state index is 0.0507. The molecule has 4 rings (SSSR count). The number of allylic oxidation sites excluding steroid dienone is 1. The van der Waals surface area contributed by atoms with Crippen LogP contribution in [0.4, 0.5) is 11.4 Å². The number of benzene rings is 2. The third-order valence-electron chi connectivity index (χ3n) is 6.26. The first-order valence-corrected chi connectivity index (χ1v) is 13.4. The normalized spacial score (nSPS) is 15.4. The van der Waals surface area contributed by atoms with Gasteiger partial charge in [-0.05, 0) is 61.3 Å². The highest BCUT2D eigenvalue weighted by molar-refractivity contribution is 7.89. The van der Waals surface area contributed by atoms with Crippen molar-refractivity contribution in [3.05, 3.63) is 55.1 Å². The summed E-state index contributed by atoms with van der Waals surface area (Å²) >= 11 is 5.31. The van der Waals surface area contributed by atoms with E-state index in [9.17, 15) is 13.5 Å². The standard InChI is InChI=1S/C25H29N5O4S2/c1-4-13-30-21-10-9-18(36(32,33)29-14-11-17(2)12-15-29)16-19(21)23(24(30)31)27-28-25(35)26-20-7-5-6-8-22(20)34-3/h4-10,16-17,31H,1,11-15H2,2-3H3,(H,26,35). The summed E-state index contributed by atoms with van der Waals surface area (Å²) in [5, 5.41) is 22.6. The first-order valence-electron chi connectivity index (χ1n) is 11.6. The number of azo groups is 1. The van der Waals surface area contributed by atoms with Crippen molar-refractivity contribution in [2.24, 2.45) is 16.1 Å². The van der Waals surface area contributed by atoms with Crippen LogP contribution < -0.4 is 10.1 Å². The van der Waals surface area contributed by atoms with E-state index in [1.807, 2.05) is 12.1 Å². The second-order valence-electron chi connectivity index (χ2n) is 8.67. The van der Waals surface area contributed by atoms with Gasteiger partial charge in [-0.25, -0.2) is 8.42 Å². The molecule has 1 aliphatic rings. The van der Waals surface area contributed by atoms with Crippen molar-refractivity contribution in [1.29, 1.82) is 0 Å². The highest BCUT2D eigenvalue weighted by Crippen LogP contribution is 2.40. The summed E-state index contributed by atoms with van der Waals surface area (Å²) in [4.78, 5) is 0.145. The number of hydrogen-bond acceptors (Lipinski definition) is 6. The molecular weight excluding hydrogens is 498 g/mol. The molecule has 0 amide bonds. The largest absolute Gasteiger partial charge is 0.495 e. The number of nitrogens with one attached hydrogen (secondary N) is 1. The zero-order valence-corrected chi connectivity index (χ0v) is 21.8. The Balaban J connectivity index is 1.70. The van der Waals surface area contributed by atoms with E-state index in [4.69, 9.17) is 17.0 Å². The molecule has 36 heavy (non-hydrogen) atoms. The van der Waals surface area contributed by atoms with Crippen molar-refractivity contribution in [3.63, 3.8) is 0 Å². The molecular formula is C25H29N5O4S2.